The van der Waals surface area contributed by atoms with E-state index < -0.39 is 0 Å². The quantitative estimate of drug-likeness (QED) is 0.619. The van der Waals surface area contributed by atoms with Gasteiger partial charge in [-0.15, -0.1) is 0 Å². The first kappa shape index (κ1) is 18.1. The fourth-order valence-electron chi connectivity index (χ4n) is 3.00. The molecule has 0 bridgehead atoms. The van der Waals surface area contributed by atoms with Gasteiger partial charge in [0.1, 0.15) is 0 Å². The lowest BCUT2D eigenvalue weighted by atomic mass is 9.94. The molecule has 0 saturated heterocycles. The molecule has 24 heavy (non-hydrogen) atoms. The van der Waals surface area contributed by atoms with Crippen LogP contribution in [0.15, 0.2) is 49.1 Å². The van der Waals surface area contributed by atoms with Crippen LogP contribution in [-0.2, 0) is 6.42 Å². The van der Waals surface area contributed by atoms with Gasteiger partial charge in [-0.05, 0) is 54.5 Å². The Labute approximate surface area is 147 Å². The number of allylic oxidation sites excluding steroid dienone is 2. The molecule has 1 heteroatoms. The maximum Gasteiger partial charge on any atom is 0.0413 e. The molecule has 0 aromatic heterocycles. The van der Waals surface area contributed by atoms with E-state index in [9.17, 15) is 0 Å². The van der Waals surface area contributed by atoms with Crippen LogP contribution in [0.1, 0.15) is 41.7 Å². The van der Waals surface area contributed by atoms with Crippen molar-refractivity contribution in [3.63, 3.8) is 0 Å². The fourth-order valence-corrected chi connectivity index (χ4v) is 3.00. The van der Waals surface area contributed by atoms with E-state index in [0.29, 0.717) is 5.92 Å². The number of aryl methyl sites for hydroxylation is 2. The summed E-state index contributed by atoms with van der Waals surface area (Å²) in [6.45, 7) is 13.1. The SMILES string of the molecule is C=C(/C=C\c1c(CC(C)C)cccc1NC)c1cc(C)ccc1C. The van der Waals surface area contributed by atoms with Gasteiger partial charge in [-0.2, -0.15) is 0 Å². The molecule has 2 aromatic carbocycles. The molecule has 0 atom stereocenters. The van der Waals surface area contributed by atoms with E-state index in [4.69, 9.17) is 0 Å². The van der Waals surface area contributed by atoms with Crippen LogP contribution in [-0.4, -0.2) is 7.05 Å². The smallest absolute Gasteiger partial charge is 0.0413 e. The summed E-state index contributed by atoms with van der Waals surface area (Å²) in [6.07, 6.45) is 5.42. The van der Waals surface area contributed by atoms with Gasteiger partial charge >= 0.3 is 0 Å². The van der Waals surface area contributed by atoms with Gasteiger partial charge in [0.2, 0.25) is 0 Å². The van der Waals surface area contributed by atoms with Crippen molar-refractivity contribution in [3.05, 3.63) is 76.9 Å². The molecule has 1 N–H and O–H groups in total. The van der Waals surface area contributed by atoms with E-state index in [2.05, 4.69) is 88.1 Å². The number of hydrogen-bond acceptors (Lipinski definition) is 1. The van der Waals surface area contributed by atoms with Gasteiger partial charge in [-0.1, -0.05) is 68.5 Å². The minimum absolute atomic E-state index is 0.631. The maximum absolute atomic E-state index is 4.28. The minimum Gasteiger partial charge on any atom is -0.388 e. The summed E-state index contributed by atoms with van der Waals surface area (Å²) in [5.41, 5.74) is 8.61. The molecule has 2 aromatic rings. The highest BCUT2D eigenvalue weighted by atomic mass is 14.8. The Kier molecular flexibility index (Phi) is 6.03. The van der Waals surface area contributed by atoms with Crippen molar-refractivity contribution in [2.45, 2.75) is 34.1 Å². The van der Waals surface area contributed by atoms with Crippen LogP contribution >= 0.6 is 0 Å². The van der Waals surface area contributed by atoms with Crippen LogP contribution in [0.4, 0.5) is 5.69 Å². The second-order valence-electron chi connectivity index (χ2n) is 6.90. The average molecular weight is 319 g/mol. The summed E-state index contributed by atoms with van der Waals surface area (Å²) < 4.78 is 0. The van der Waals surface area contributed by atoms with Gasteiger partial charge in [0.25, 0.3) is 0 Å². The van der Waals surface area contributed by atoms with Gasteiger partial charge in [-0.25, -0.2) is 0 Å². The first-order valence-electron chi connectivity index (χ1n) is 8.66. The Hall–Kier alpha value is -2.28. The molecule has 0 heterocycles. The van der Waals surface area contributed by atoms with Gasteiger partial charge in [0.15, 0.2) is 0 Å². The maximum atomic E-state index is 4.28. The van der Waals surface area contributed by atoms with E-state index in [1.54, 1.807) is 0 Å². The largest absolute Gasteiger partial charge is 0.388 e. The zero-order valence-electron chi connectivity index (χ0n) is 15.6. The van der Waals surface area contributed by atoms with Gasteiger partial charge in [0, 0.05) is 18.3 Å². The van der Waals surface area contributed by atoms with E-state index in [0.717, 1.165) is 17.7 Å². The summed E-state index contributed by atoms with van der Waals surface area (Å²) in [5, 5.41) is 3.31. The first-order valence-corrected chi connectivity index (χ1v) is 8.66. The first-order chi connectivity index (χ1) is 11.4. The molecule has 1 nitrogen and oxygen atoms in total. The Morgan fingerprint density at radius 2 is 1.92 bits per heavy atom. The lowest BCUT2D eigenvalue weighted by Crippen LogP contribution is -2.00. The Morgan fingerprint density at radius 3 is 2.58 bits per heavy atom. The third kappa shape index (κ3) is 4.38. The van der Waals surface area contributed by atoms with Crippen LogP contribution < -0.4 is 5.32 Å². The molecule has 0 aliphatic heterocycles. The van der Waals surface area contributed by atoms with E-state index in [1.807, 2.05) is 7.05 Å². The van der Waals surface area contributed by atoms with Crippen LogP contribution in [0, 0.1) is 19.8 Å². The number of nitrogens with one attached hydrogen (secondary N) is 1. The summed E-state index contributed by atoms with van der Waals surface area (Å²) in [7, 11) is 1.98. The highest BCUT2D eigenvalue weighted by Gasteiger charge is 2.07. The van der Waals surface area contributed by atoms with Crippen molar-refractivity contribution in [1.29, 1.82) is 0 Å². The fraction of sp³-hybridized carbons (Fsp3) is 0.304. The van der Waals surface area contributed by atoms with Crippen LogP contribution in [0.2, 0.25) is 0 Å². The van der Waals surface area contributed by atoms with E-state index in [1.165, 1.54) is 27.8 Å². The summed E-state index contributed by atoms with van der Waals surface area (Å²) in [4.78, 5) is 0. The highest BCUT2D eigenvalue weighted by Crippen LogP contribution is 2.26. The van der Waals surface area contributed by atoms with Crippen molar-refractivity contribution in [1.82, 2.24) is 0 Å². The molecular formula is C23H29N. The summed E-state index contributed by atoms with van der Waals surface area (Å²) in [6, 6.07) is 13.0. The standard InChI is InChI=1S/C23H29N/c1-16(2)14-20-8-7-9-23(24-6)21(20)13-12-19(5)22-15-17(3)10-11-18(22)4/h7-13,15-16,24H,5,14H2,1-4,6H3/b13-12-. The lowest BCUT2D eigenvalue weighted by Gasteiger charge is -2.14. The average Bonchev–Trinajstić information content (AvgIpc) is 2.54. The Balaban J connectivity index is 2.37. The molecule has 126 valence electrons. The molecule has 0 aliphatic rings. The van der Waals surface area contributed by atoms with Crippen molar-refractivity contribution in [2.24, 2.45) is 5.92 Å². The highest BCUT2D eigenvalue weighted by molar-refractivity contribution is 5.82. The van der Waals surface area contributed by atoms with Crippen molar-refractivity contribution >= 4 is 17.3 Å². The zero-order chi connectivity index (χ0) is 17.7. The predicted octanol–water partition coefficient (Wildman–Crippen LogP) is 6.27. The molecule has 2 rings (SSSR count). The molecule has 0 saturated carbocycles. The Morgan fingerprint density at radius 1 is 1.17 bits per heavy atom. The number of hydrogen-bond donors (Lipinski definition) is 1. The van der Waals surface area contributed by atoms with Crippen molar-refractivity contribution < 1.29 is 0 Å². The summed E-state index contributed by atoms with van der Waals surface area (Å²) >= 11 is 0. The second kappa shape index (κ2) is 8.01. The van der Waals surface area contributed by atoms with E-state index >= 15 is 0 Å². The third-order valence-electron chi connectivity index (χ3n) is 4.28. The zero-order valence-corrected chi connectivity index (χ0v) is 15.6. The van der Waals surface area contributed by atoms with Gasteiger partial charge < -0.3 is 5.32 Å². The lowest BCUT2D eigenvalue weighted by molar-refractivity contribution is 0.647. The van der Waals surface area contributed by atoms with Crippen molar-refractivity contribution in [3.8, 4) is 0 Å². The minimum atomic E-state index is 0.631. The Bertz CT molecular complexity index is 751. The second-order valence-corrected chi connectivity index (χ2v) is 6.90. The van der Waals surface area contributed by atoms with Gasteiger partial charge in [0.05, 0.1) is 0 Å². The summed E-state index contributed by atoms with van der Waals surface area (Å²) in [5.74, 6) is 0.631. The molecule has 0 unspecified atom stereocenters. The predicted molar refractivity (Wildman–Crippen MR) is 109 cm³/mol. The van der Waals surface area contributed by atoms with Crippen molar-refractivity contribution in [2.75, 3.05) is 12.4 Å². The molecule has 0 radical (unpaired) electrons. The number of rotatable bonds is 6. The molecule has 0 amide bonds. The molecule has 0 aliphatic carbocycles. The van der Waals surface area contributed by atoms with Crippen LogP contribution in [0.3, 0.4) is 0 Å². The van der Waals surface area contributed by atoms with E-state index in [-0.39, 0.29) is 0 Å². The topological polar surface area (TPSA) is 12.0 Å². The third-order valence-corrected chi connectivity index (χ3v) is 4.28. The molecular weight excluding hydrogens is 290 g/mol. The monoisotopic (exact) mass is 319 g/mol. The molecule has 0 spiro atoms. The molecule has 0 fully saturated rings. The normalized spacial score (nSPS) is 11.2. The number of benzene rings is 2. The van der Waals surface area contributed by atoms with Crippen LogP contribution in [0.5, 0.6) is 0 Å². The van der Waals surface area contributed by atoms with Crippen LogP contribution in [0.25, 0.3) is 11.6 Å². The number of anilines is 1. The van der Waals surface area contributed by atoms with Gasteiger partial charge in [-0.3, -0.25) is 0 Å².